The van der Waals surface area contributed by atoms with E-state index in [1.165, 1.54) is 19.3 Å². The molecule has 32 heavy (non-hydrogen) atoms. The Kier molecular flexibility index (Phi) is 7.53. The highest BCUT2D eigenvalue weighted by Gasteiger charge is 2.21. The zero-order chi connectivity index (χ0) is 23.3. The lowest BCUT2D eigenvalue weighted by atomic mass is 9.93. The second kappa shape index (κ2) is 10.3. The monoisotopic (exact) mass is 431 g/mol. The Balaban J connectivity index is 0.000000686. The van der Waals surface area contributed by atoms with Gasteiger partial charge in [-0.1, -0.05) is 20.4 Å². The van der Waals surface area contributed by atoms with Gasteiger partial charge < -0.3 is 20.2 Å². The third-order valence-corrected chi connectivity index (χ3v) is 5.35. The van der Waals surface area contributed by atoms with E-state index in [-0.39, 0.29) is 0 Å². The van der Waals surface area contributed by atoms with Crippen LogP contribution < -0.4 is 10.1 Å². The Morgan fingerprint density at radius 2 is 2.09 bits per heavy atom. The lowest BCUT2D eigenvalue weighted by Gasteiger charge is -2.28. The first-order valence-electron chi connectivity index (χ1n) is 10.8. The van der Waals surface area contributed by atoms with Gasteiger partial charge in [-0.15, -0.1) is 0 Å². The Morgan fingerprint density at radius 3 is 2.75 bits per heavy atom. The molecule has 0 saturated heterocycles. The molecular weight excluding hydrogens is 401 g/mol. The number of aliphatic hydroxyl groups excluding tert-OH is 1. The molecule has 0 spiro atoms. The number of nitrogens with zero attached hydrogens (tertiary/aromatic N) is 5. The number of hydrogen-bond acceptors (Lipinski definition) is 6. The van der Waals surface area contributed by atoms with Gasteiger partial charge in [0.25, 0.3) is 0 Å². The van der Waals surface area contributed by atoms with Crippen molar-refractivity contribution in [2.75, 3.05) is 19.0 Å². The predicted molar refractivity (Wildman–Crippen MR) is 132 cm³/mol. The Labute approximate surface area is 189 Å². The summed E-state index contributed by atoms with van der Waals surface area (Å²) in [7, 11) is 8.89. The van der Waals surface area contributed by atoms with E-state index in [0.29, 0.717) is 6.04 Å². The van der Waals surface area contributed by atoms with E-state index in [0.717, 1.165) is 52.1 Å². The van der Waals surface area contributed by atoms with E-state index in [1.54, 1.807) is 28.8 Å². The number of aromatic nitrogens is 5. The summed E-state index contributed by atoms with van der Waals surface area (Å²) in [6.07, 6.45) is 9.10. The van der Waals surface area contributed by atoms with E-state index >= 15 is 0 Å². The van der Waals surface area contributed by atoms with E-state index in [4.69, 9.17) is 18.1 Å². The first kappa shape index (κ1) is 23.3. The molecule has 0 bridgehead atoms. The zero-order valence-electron chi connectivity index (χ0n) is 19.1. The molecule has 1 fully saturated rings. The van der Waals surface area contributed by atoms with Gasteiger partial charge in [0.05, 0.1) is 17.5 Å². The van der Waals surface area contributed by atoms with E-state index in [2.05, 4.69) is 27.0 Å². The molecule has 5 rings (SSSR count). The van der Waals surface area contributed by atoms with Gasteiger partial charge in [-0.05, 0) is 38.4 Å². The summed E-state index contributed by atoms with van der Waals surface area (Å²) in [6.45, 7) is 8.22. The fourth-order valence-electron chi connectivity index (χ4n) is 3.59. The molecule has 2 radical (unpaired) electrons. The number of H-pyrrole nitrogens is 1. The number of fused-ring (bicyclic) bond motifs is 2. The van der Waals surface area contributed by atoms with Gasteiger partial charge in [-0.25, -0.2) is 9.97 Å². The van der Waals surface area contributed by atoms with Crippen molar-refractivity contribution in [1.82, 2.24) is 29.9 Å². The van der Waals surface area contributed by atoms with Gasteiger partial charge in [0.1, 0.15) is 11.5 Å². The lowest BCUT2D eigenvalue weighted by molar-refractivity contribution is 0.378. The van der Waals surface area contributed by atoms with Crippen molar-refractivity contribution in [2.45, 2.75) is 39.2 Å². The van der Waals surface area contributed by atoms with Crippen molar-refractivity contribution in [2.24, 2.45) is 0 Å². The SMILES string of the molecule is CC.CO.[B]N(C)c1cc(-c2c[nH]c3ncccc23)nc2c(C(=C)NC3CCC3)cnn12. The molecule has 1 aliphatic rings. The Morgan fingerprint density at radius 1 is 1.34 bits per heavy atom. The fraction of sp³-hybridized carbons (Fsp3) is 0.348. The number of nitrogens with one attached hydrogen (secondary N) is 2. The second-order valence-corrected chi connectivity index (χ2v) is 7.26. The molecular formula is C23H30BN7O. The van der Waals surface area contributed by atoms with Crippen LogP contribution in [0.2, 0.25) is 0 Å². The summed E-state index contributed by atoms with van der Waals surface area (Å²) in [4.78, 5) is 14.0. The van der Waals surface area contributed by atoms with Crippen LogP contribution in [0.5, 0.6) is 0 Å². The van der Waals surface area contributed by atoms with Gasteiger partial charge in [0.15, 0.2) is 5.65 Å². The van der Waals surface area contributed by atoms with Crippen LogP contribution in [0.3, 0.4) is 0 Å². The largest absolute Gasteiger partial charge is 0.413 e. The maximum Gasteiger partial charge on any atom is 0.228 e. The minimum atomic E-state index is 0.488. The number of hydrogen-bond donors (Lipinski definition) is 3. The highest BCUT2D eigenvalue weighted by Crippen LogP contribution is 2.31. The molecule has 0 unspecified atom stereocenters. The maximum atomic E-state index is 7.00. The summed E-state index contributed by atoms with van der Waals surface area (Å²) < 4.78 is 1.75. The molecule has 0 atom stereocenters. The van der Waals surface area contributed by atoms with Crippen LogP contribution in [0.1, 0.15) is 38.7 Å². The first-order chi connectivity index (χ1) is 15.6. The van der Waals surface area contributed by atoms with Gasteiger partial charge in [-0.3, -0.25) is 0 Å². The van der Waals surface area contributed by atoms with Gasteiger partial charge >= 0.3 is 0 Å². The van der Waals surface area contributed by atoms with Crippen LogP contribution in [0.15, 0.2) is 43.4 Å². The highest BCUT2D eigenvalue weighted by atomic mass is 16.2. The predicted octanol–water partition coefficient (Wildman–Crippen LogP) is 3.54. The average molecular weight is 431 g/mol. The molecule has 4 heterocycles. The third-order valence-electron chi connectivity index (χ3n) is 5.35. The van der Waals surface area contributed by atoms with Crippen molar-refractivity contribution in [3.63, 3.8) is 0 Å². The molecule has 166 valence electrons. The lowest BCUT2D eigenvalue weighted by Crippen LogP contribution is -2.33. The number of rotatable bonds is 5. The maximum absolute atomic E-state index is 7.00. The van der Waals surface area contributed by atoms with Crippen LogP contribution in [0.25, 0.3) is 33.6 Å². The van der Waals surface area contributed by atoms with Crippen LogP contribution in [-0.2, 0) is 0 Å². The average Bonchev–Trinajstić information content (AvgIpc) is 3.42. The van der Waals surface area contributed by atoms with Crippen molar-refractivity contribution in [3.8, 4) is 11.3 Å². The van der Waals surface area contributed by atoms with Crippen molar-refractivity contribution in [3.05, 3.63) is 48.9 Å². The van der Waals surface area contributed by atoms with Gasteiger partial charge in [-0.2, -0.15) is 9.61 Å². The summed E-state index contributed by atoms with van der Waals surface area (Å²) in [5, 5.41) is 16.0. The number of aliphatic hydroxyl groups is 1. The van der Waals surface area contributed by atoms with Crippen molar-refractivity contribution >= 4 is 36.2 Å². The molecule has 0 aliphatic heterocycles. The van der Waals surface area contributed by atoms with Crippen LogP contribution in [-0.4, -0.2) is 57.9 Å². The molecule has 9 heteroatoms. The highest BCUT2D eigenvalue weighted by molar-refractivity contribution is 6.17. The van der Waals surface area contributed by atoms with Crippen molar-refractivity contribution in [1.29, 1.82) is 0 Å². The van der Waals surface area contributed by atoms with E-state index in [1.807, 2.05) is 38.2 Å². The quantitative estimate of drug-likeness (QED) is 0.419. The molecule has 1 aliphatic carbocycles. The summed E-state index contributed by atoms with van der Waals surface area (Å²) in [5.41, 5.74) is 5.05. The van der Waals surface area contributed by atoms with E-state index < -0.39 is 0 Å². The summed E-state index contributed by atoms with van der Waals surface area (Å²) in [5.74, 6) is 0.737. The van der Waals surface area contributed by atoms with Crippen LogP contribution in [0.4, 0.5) is 5.82 Å². The molecule has 4 aromatic heterocycles. The van der Waals surface area contributed by atoms with Gasteiger partial charge in [0, 0.05) is 48.3 Å². The molecule has 0 aromatic carbocycles. The van der Waals surface area contributed by atoms with E-state index in [9.17, 15) is 0 Å². The topological polar surface area (TPSA) is 94.4 Å². The molecule has 8 nitrogen and oxygen atoms in total. The minimum Gasteiger partial charge on any atom is -0.413 e. The fourth-order valence-corrected chi connectivity index (χ4v) is 3.59. The second-order valence-electron chi connectivity index (χ2n) is 7.26. The summed E-state index contributed by atoms with van der Waals surface area (Å²) >= 11 is 0. The number of aromatic amines is 1. The smallest absolute Gasteiger partial charge is 0.228 e. The third kappa shape index (κ3) is 4.34. The minimum absolute atomic E-state index is 0.488. The molecule has 0 amide bonds. The normalized spacial score (nSPS) is 12.9. The Hall–Kier alpha value is -3.33. The van der Waals surface area contributed by atoms with Crippen molar-refractivity contribution < 1.29 is 5.11 Å². The zero-order valence-corrected chi connectivity index (χ0v) is 19.1. The number of anilines is 1. The molecule has 4 aromatic rings. The number of pyridine rings is 1. The van der Waals surface area contributed by atoms with Crippen LogP contribution >= 0.6 is 0 Å². The molecule has 1 saturated carbocycles. The summed E-state index contributed by atoms with van der Waals surface area (Å²) in [6, 6.07) is 6.37. The standard InChI is InChI=1S/C20H20BN7.C2H6.CH4O/c1-12(25-13-5-3-6-13)15-11-24-28-18(27(2)21)9-17(26-20(15)28)16-10-23-19-14(16)7-4-8-22-19;2*1-2/h4,7-11,13,25H,1,3,5-6H2,2H3,(H,22,23);1-2H3;2H,1H3. The Bertz CT molecular complexity index is 1190. The molecule has 3 N–H and O–H groups in total. The van der Waals surface area contributed by atoms with Gasteiger partial charge in [0.2, 0.25) is 7.98 Å². The van der Waals surface area contributed by atoms with Crippen LogP contribution in [0, 0.1) is 0 Å². The first-order valence-corrected chi connectivity index (χ1v) is 10.8.